The monoisotopic (exact) mass is 301 g/mol. The van der Waals surface area contributed by atoms with Crippen LogP contribution in [0.3, 0.4) is 0 Å². The van der Waals surface area contributed by atoms with Crippen molar-refractivity contribution < 1.29 is 4.39 Å². The summed E-state index contributed by atoms with van der Waals surface area (Å²) >= 11 is 3.57. The summed E-state index contributed by atoms with van der Waals surface area (Å²) in [6.45, 7) is 8.57. The van der Waals surface area contributed by atoms with Crippen LogP contribution >= 0.6 is 15.9 Å². The highest BCUT2D eigenvalue weighted by Crippen LogP contribution is 2.20. The molecule has 3 heteroatoms. The summed E-state index contributed by atoms with van der Waals surface area (Å²) < 4.78 is 12.9. The number of alkyl halides is 1. The zero-order chi connectivity index (χ0) is 12.8. The van der Waals surface area contributed by atoms with Crippen LogP contribution in [-0.4, -0.2) is 18.4 Å². The first-order valence-corrected chi connectivity index (χ1v) is 7.27. The number of rotatable bonds is 6. The maximum atomic E-state index is 12.9. The normalized spacial score (nSPS) is 12.8. The highest BCUT2D eigenvalue weighted by molar-refractivity contribution is 9.09. The van der Waals surface area contributed by atoms with Crippen LogP contribution in [0.4, 0.5) is 10.1 Å². The second-order valence-corrected chi connectivity index (χ2v) is 5.32. The molecule has 1 unspecified atom stereocenters. The van der Waals surface area contributed by atoms with E-state index in [1.54, 1.807) is 0 Å². The standard InChI is InChI=1S/C14H21BrFN/c1-4-17(10-12(9-15)11(2)3)14-7-5-13(16)6-8-14/h5-8,11-12H,4,9-10H2,1-3H3. The van der Waals surface area contributed by atoms with Crippen molar-refractivity contribution >= 4 is 21.6 Å². The van der Waals surface area contributed by atoms with E-state index in [9.17, 15) is 4.39 Å². The van der Waals surface area contributed by atoms with Gasteiger partial charge in [0, 0.05) is 24.1 Å². The zero-order valence-electron chi connectivity index (χ0n) is 10.8. The summed E-state index contributed by atoms with van der Waals surface area (Å²) in [4.78, 5) is 2.30. The van der Waals surface area contributed by atoms with E-state index in [-0.39, 0.29) is 5.82 Å². The second kappa shape index (κ2) is 7.00. The predicted octanol–water partition coefficient (Wildman–Crippen LogP) is 4.32. The van der Waals surface area contributed by atoms with E-state index in [2.05, 4.69) is 41.6 Å². The summed E-state index contributed by atoms with van der Waals surface area (Å²) in [5.41, 5.74) is 1.10. The van der Waals surface area contributed by atoms with Crippen LogP contribution in [0.2, 0.25) is 0 Å². The lowest BCUT2D eigenvalue weighted by Gasteiger charge is -2.29. The Labute approximate surface area is 112 Å². The zero-order valence-corrected chi connectivity index (χ0v) is 12.4. The first kappa shape index (κ1) is 14.5. The highest BCUT2D eigenvalue weighted by atomic mass is 79.9. The fraction of sp³-hybridized carbons (Fsp3) is 0.571. The molecule has 1 atom stereocenters. The molecule has 0 saturated heterocycles. The van der Waals surface area contributed by atoms with Crippen LogP contribution in [0.1, 0.15) is 20.8 Å². The number of nitrogens with zero attached hydrogens (tertiary/aromatic N) is 1. The Morgan fingerprint density at radius 3 is 2.24 bits per heavy atom. The van der Waals surface area contributed by atoms with Gasteiger partial charge in [0.25, 0.3) is 0 Å². The number of halogens is 2. The Balaban J connectivity index is 2.74. The van der Waals surface area contributed by atoms with Gasteiger partial charge in [-0.25, -0.2) is 4.39 Å². The predicted molar refractivity (Wildman–Crippen MR) is 76.4 cm³/mol. The molecule has 0 aliphatic rings. The average molecular weight is 302 g/mol. The summed E-state index contributed by atoms with van der Waals surface area (Å²) in [7, 11) is 0. The van der Waals surface area contributed by atoms with Crippen molar-refractivity contribution in [1.82, 2.24) is 0 Å². The Bertz CT molecular complexity index is 323. The third kappa shape index (κ3) is 4.30. The van der Waals surface area contributed by atoms with Gasteiger partial charge in [-0.3, -0.25) is 0 Å². The van der Waals surface area contributed by atoms with Crippen molar-refractivity contribution in [2.75, 3.05) is 23.3 Å². The molecule has 0 radical (unpaired) electrons. The van der Waals surface area contributed by atoms with Crippen LogP contribution in [0.25, 0.3) is 0 Å². The van der Waals surface area contributed by atoms with Crippen LogP contribution in [0, 0.1) is 17.7 Å². The van der Waals surface area contributed by atoms with Gasteiger partial charge >= 0.3 is 0 Å². The lowest BCUT2D eigenvalue weighted by atomic mass is 9.97. The fourth-order valence-corrected chi connectivity index (χ4v) is 2.74. The van der Waals surface area contributed by atoms with Gasteiger partial charge in [0.15, 0.2) is 0 Å². The molecule has 0 amide bonds. The Hall–Kier alpha value is -0.570. The molecule has 0 fully saturated rings. The van der Waals surface area contributed by atoms with Crippen molar-refractivity contribution in [3.05, 3.63) is 30.1 Å². The molecular formula is C14H21BrFN. The number of hydrogen-bond acceptors (Lipinski definition) is 1. The molecule has 0 saturated carbocycles. The molecule has 0 heterocycles. The van der Waals surface area contributed by atoms with Gasteiger partial charge in [-0.2, -0.15) is 0 Å². The van der Waals surface area contributed by atoms with Gasteiger partial charge in [-0.1, -0.05) is 29.8 Å². The minimum atomic E-state index is -0.175. The maximum absolute atomic E-state index is 12.9. The third-order valence-corrected chi connectivity index (χ3v) is 4.00. The first-order valence-electron chi connectivity index (χ1n) is 6.15. The third-order valence-electron chi connectivity index (χ3n) is 3.17. The molecule has 96 valence electrons. The van der Waals surface area contributed by atoms with E-state index < -0.39 is 0 Å². The summed E-state index contributed by atoms with van der Waals surface area (Å²) in [5, 5.41) is 1.00. The van der Waals surface area contributed by atoms with E-state index in [0.717, 1.165) is 24.1 Å². The van der Waals surface area contributed by atoms with Crippen molar-refractivity contribution in [3.63, 3.8) is 0 Å². The molecule has 0 spiro atoms. The SMILES string of the molecule is CCN(CC(CBr)C(C)C)c1ccc(F)cc1. The van der Waals surface area contributed by atoms with E-state index in [1.165, 1.54) is 12.1 Å². The Morgan fingerprint density at radius 1 is 1.24 bits per heavy atom. The molecule has 0 aliphatic carbocycles. The van der Waals surface area contributed by atoms with Gasteiger partial charge in [0.1, 0.15) is 5.82 Å². The lowest BCUT2D eigenvalue weighted by molar-refractivity contribution is 0.427. The van der Waals surface area contributed by atoms with Gasteiger partial charge in [0.2, 0.25) is 0 Å². The van der Waals surface area contributed by atoms with Gasteiger partial charge < -0.3 is 4.90 Å². The largest absolute Gasteiger partial charge is 0.371 e. The van der Waals surface area contributed by atoms with E-state index in [4.69, 9.17) is 0 Å². The fourth-order valence-electron chi connectivity index (χ4n) is 1.79. The van der Waals surface area contributed by atoms with Crippen LogP contribution < -0.4 is 4.90 Å². The molecule has 0 N–H and O–H groups in total. The van der Waals surface area contributed by atoms with Crippen LogP contribution in [0.5, 0.6) is 0 Å². The van der Waals surface area contributed by atoms with Crippen molar-refractivity contribution in [2.45, 2.75) is 20.8 Å². The highest BCUT2D eigenvalue weighted by Gasteiger charge is 2.16. The molecule has 1 aromatic rings. The Morgan fingerprint density at radius 2 is 1.82 bits per heavy atom. The quantitative estimate of drug-likeness (QED) is 0.707. The molecule has 0 aliphatic heterocycles. The van der Waals surface area contributed by atoms with Crippen molar-refractivity contribution in [2.24, 2.45) is 11.8 Å². The van der Waals surface area contributed by atoms with Gasteiger partial charge in [-0.15, -0.1) is 0 Å². The molecule has 17 heavy (non-hydrogen) atoms. The van der Waals surface area contributed by atoms with E-state index in [0.29, 0.717) is 11.8 Å². The lowest BCUT2D eigenvalue weighted by Crippen LogP contribution is -2.32. The van der Waals surface area contributed by atoms with Crippen LogP contribution in [-0.2, 0) is 0 Å². The first-order chi connectivity index (χ1) is 8.08. The van der Waals surface area contributed by atoms with E-state index >= 15 is 0 Å². The molecular weight excluding hydrogens is 281 g/mol. The summed E-state index contributed by atoms with van der Waals surface area (Å²) in [6.07, 6.45) is 0. The second-order valence-electron chi connectivity index (χ2n) is 4.67. The Kier molecular flexibility index (Phi) is 5.96. The molecule has 0 bridgehead atoms. The average Bonchev–Trinajstić information content (AvgIpc) is 2.32. The van der Waals surface area contributed by atoms with E-state index in [1.807, 2.05) is 12.1 Å². The molecule has 1 aromatic carbocycles. The van der Waals surface area contributed by atoms with Crippen molar-refractivity contribution in [3.8, 4) is 0 Å². The summed E-state index contributed by atoms with van der Waals surface area (Å²) in [6, 6.07) is 6.75. The van der Waals surface area contributed by atoms with Gasteiger partial charge in [-0.05, 0) is 43.0 Å². The minimum absolute atomic E-state index is 0.175. The topological polar surface area (TPSA) is 3.24 Å². The molecule has 1 rings (SSSR count). The summed E-state index contributed by atoms with van der Waals surface area (Å²) in [5.74, 6) is 1.08. The molecule has 1 nitrogen and oxygen atoms in total. The number of hydrogen-bond donors (Lipinski definition) is 0. The minimum Gasteiger partial charge on any atom is -0.371 e. The molecule has 0 aromatic heterocycles. The number of anilines is 1. The van der Waals surface area contributed by atoms with Crippen LogP contribution in [0.15, 0.2) is 24.3 Å². The maximum Gasteiger partial charge on any atom is 0.123 e. The van der Waals surface area contributed by atoms with Gasteiger partial charge in [0.05, 0.1) is 0 Å². The van der Waals surface area contributed by atoms with Crippen molar-refractivity contribution in [1.29, 1.82) is 0 Å². The smallest absolute Gasteiger partial charge is 0.123 e. The number of benzene rings is 1.